The van der Waals surface area contributed by atoms with Crippen LogP contribution in [0.4, 0.5) is 13.2 Å². The van der Waals surface area contributed by atoms with Crippen molar-refractivity contribution >= 4 is 45.2 Å². The van der Waals surface area contributed by atoms with Crippen molar-refractivity contribution < 1.29 is 13.2 Å². The number of rotatable bonds is 1. The van der Waals surface area contributed by atoms with Gasteiger partial charge in [-0.2, -0.15) is 22.9 Å². The summed E-state index contributed by atoms with van der Waals surface area (Å²) < 4.78 is 39.8. The van der Waals surface area contributed by atoms with Gasteiger partial charge in [-0.15, -0.1) is 27.2 Å². The molecular weight excluding hydrogens is 405 g/mol. The van der Waals surface area contributed by atoms with E-state index in [-0.39, 0.29) is 22.1 Å². The van der Waals surface area contributed by atoms with E-state index in [9.17, 15) is 13.2 Å². The molecule has 0 fully saturated rings. The van der Waals surface area contributed by atoms with Crippen LogP contribution >= 0.6 is 28.7 Å². The SMILES string of the molecule is Br.FC(F)(F)c1nnc2n1N=C(c1cccc3ccccc13)CS2. The van der Waals surface area contributed by atoms with Gasteiger partial charge in [0.25, 0.3) is 5.82 Å². The molecule has 9 heteroatoms. The fourth-order valence-corrected chi connectivity index (χ4v) is 3.34. The number of hydrogen-bond donors (Lipinski definition) is 0. The largest absolute Gasteiger partial charge is 0.453 e. The van der Waals surface area contributed by atoms with Crippen LogP contribution in [-0.4, -0.2) is 26.3 Å². The van der Waals surface area contributed by atoms with Crippen molar-refractivity contribution in [1.82, 2.24) is 14.9 Å². The Hall–Kier alpha value is -1.87. The Kier molecular flexibility index (Phi) is 4.39. The third-order valence-corrected chi connectivity index (χ3v) is 4.46. The fourth-order valence-electron chi connectivity index (χ4n) is 2.51. The minimum atomic E-state index is -4.59. The molecule has 4 nitrogen and oxygen atoms in total. The first-order valence-corrected chi connectivity index (χ1v) is 7.74. The van der Waals surface area contributed by atoms with E-state index >= 15 is 0 Å². The van der Waals surface area contributed by atoms with Crippen molar-refractivity contribution in [3.63, 3.8) is 0 Å². The Labute approximate surface area is 149 Å². The average molecular weight is 415 g/mol. The minimum Gasteiger partial charge on any atom is -0.182 e. The summed E-state index contributed by atoms with van der Waals surface area (Å²) in [5.74, 6) is -0.651. The molecule has 0 unspecified atom stereocenters. The highest BCUT2D eigenvalue weighted by molar-refractivity contribution is 8.93. The van der Waals surface area contributed by atoms with Crippen molar-refractivity contribution in [3.8, 4) is 0 Å². The Bertz CT molecular complexity index is 931. The topological polar surface area (TPSA) is 43.1 Å². The van der Waals surface area contributed by atoms with E-state index in [0.29, 0.717) is 11.5 Å². The van der Waals surface area contributed by atoms with Crippen LogP contribution in [0.5, 0.6) is 0 Å². The predicted molar refractivity (Wildman–Crippen MR) is 92.0 cm³/mol. The van der Waals surface area contributed by atoms with Gasteiger partial charge in [-0.05, 0) is 10.8 Å². The molecule has 0 atom stereocenters. The molecule has 0 saturated carbocycles. The summed E-state index contributed by atoms with van der Waals surface area (Å²) in [5.41, 5.74) is 1.40. The van der Waals surface area contributed by atoms with Crippen LogP contribution < -0.4 is 0 Å². The molecule has 0 bridgehead atoms. The van der Waals surface area contributed by atoms with Crippen molar-refractivity contribution in [3.05, 3.63) is 53.9 Å². The first kappa shape index (κ1) is 17.0. The summed E-state index contributed by atoms with van der Waals surface area (Å²) in [6.45, 7) is 0. The maximum Gasteiger partial charge on any atom is 0.453 e. The van der Waals surface area contributed by atoms with E-state index in [2.05, 4.69) is 15.3 Å². The number of hydrogen-bond acceptors (Lipinski definition) is 4. The van der Waals surface area contributed by atoms with Gasteiger partial charge in [0.1, 0.15) is 0 Å². The molecule has 0 N–H and O–H groups in total. The van der Waals surface area contributed by atoms with Gasteiger partial charge in [-0.1, -0.05) is 54.2 Å². The van der Waals surface area contributed by atoms with Gasteiger partial charge in [-0.3, -0.25) is 0 Å². The number of fused-ring (bicyclic) bond motifs is 2. The van der Waals surface area contributed by atoms with Gasteiger partial charge in [0.2, 0.25) is 5.16 Å². The lowest BCUT2D eigenvalue weighted by Crippen LogP contribution is -2.19. The van der Waals surface area contributed by atoms with Crippen molar-refractivity contribution in [2.45, 2.75) is 11.3 Å². The number of thioether (sulfide) groups is 1. The number of nitrogens with zero attached hydrogens (tertiary/aromatic N) is 4. The lowest BCUT2D eigenvalue weighted by molar-refractivity contribution is -0.147. The minimum absolute atomic E-state index is 0. The van der Waals surface area contributed by atoms with Crippen LogP contribution in [0.3, 0.4) is 0 Å². The summed E-state index contributed by atoms with van der Waals surface area (Å²) in [5, 5.41) is 13.1. The zero-order chi connectivity index (χ0) is 16.0. The molecule has 3 aromatic rings. The molecule has 24 heavy (non-hydrogen) atoms. The lowest BCUT2D eigenvalue weighted by Gasteiger charge is -2.16. The standard InChI is InChI=1S/C15H9F3N4S.BrH/c16-15(17,18)13-19-20-14-22(13)21-12(8-23-14)11-7-3-5-9-4-1-2-6-10(9)11;/h1-7H,8H2;1H. The Morgan fingerprint density at radius 2 is 1.75 bits per heavy atom. The van der Waals surface area contributed by atoms with Crippen molar-refractivity contribution in [1.29, 1.82) is 0 Å². The summed E-state index contributed by atoms with van der Waals surface area (Å²) in [4.78, 5) is 0. The van der Waals surface area contributed by atoms with E-state index in [4.69, 9.17) is 0 Å². The smallest absolute Gasteiger partial charge is 0.182 e. The predicted octanol–water partition coefficient (Wildman–Crippen LogP) is 4.39. The van der Waals surface area contributed by atoms with Crippen LogP contribution in [0, 0.1) is 0 Å². The Morgan fingerprint density at radius 3 is 2.54 bits per heavy atom. The fraction of sp³-hybridized carbons (Fsp3) is 0.133. The molecule has 1 aromatic heterocycles. The second-order valence-corrected chi connectivity index (χ2v) is 5.92. The molecule has 124 valence electrons. The Balaban J connectivity index is 0.00000169. The monoisotopic (exact) mass is 414 g/mol. The quantitative estimate of drug-likeness (QED) is 0.593. The highest BCUT2D eigenvalue weighted by Crippen LogP contribution is 2.33. The molecule has 0 amide bonds. The highest BCUT2D eigenvalue weighted by atomic mass is 79.9. The summed E-state index contributed by atoms with van der Waals surface area (Å²) in [6.07, 6.45) is -4.59. The van der Waals surface area contributed by atoms with Gasteiger partial charge in [0.05, 0.1) is 5.71 Å². The van der Waals surface area contributed by atoms with E-state index in [1.807, 2.05) is 42.5 Å². The molecule has 0 aliphatic carbocycles. The molecule has 0 radical (unpaired) electrons. The summed E-state index contributed by atoms with van der Waals surface area (Å²) in [7, 11) is 0. The normalized spacial score (nSPS) is 14.0. The maximum absolute atomic E-state index is 13.0. The van der Waals surface area contributed by atoms with E-state index in [1.54, 1.807) is 0 Å². The first-order valence-electron chi connectivity index (χ1n) is 6.75. The molecule has 1 aliphatic heterocycles. The number of aromatic nitrogens is 3. The van der Waals surface area contributed by atoms with E-state index in [0.717, 1.165) is 21.0 Å². The zero-order valence-electron chi connectivity index (χ0n) is 12.0. The Morgan fingerprint density at radius 1 is 1.00 bits per heavy atom. The zero-order valence-corrected chi connectivity index (χ0v) is 14.5. The molecular formula is C15H10BrF3N4S. The number of benzene rings is 2. The molecule has 1 aliphatic rings. The molecule has 0 spiro atoms. The summed E-state index contributed by atoms with van der Waals surface area (Å²) >= 11 is 1.20. The van der Waals surface area contributed by atoms with Crippen molar-refractivity contribution in [2.24, 2.45) is 5.10 Å². The molecule has 2 heterocycles. The molecule has 0 saturated heterocycles. The van der Waals surface area contributed by atoms with Crippen LogP contribution in [0.1, 0.15) is 11.4 Å². The number of alkyl halides is 3. The van der Waals surface area contributed by atoms with Crippen LogP contribution in [0.2, 0.25) is 0 Å². The van der Waals surface area contributed by atoms with Gasteiger partial charge in [-0.25, -0.2) is 0 Å². The first-order chi connectivity index (χ1) is 11.0. The second kappa shape index (κ2) is 6.21. The van der Waals surface area contributed by atoms with Crippen LogP contribution in [0.15, 0.2) is 52.7 Å². The van der Waals surface area contributed by atoms with Crippen LogP contribution in [-0.2, 0) is 6.18 Å². The second-order valence-electron chi connectivity index (χ2n) is 4.98. The van der Waals surface area contributed by atoms with Crippen LogP contribution in [0.25, 0.3) is 10.8 Å². The van der Waals surface area contributed by atoms with Gasteiger partial charge >= 0.3 is 6.18 Å². The highest BCUT2D eigenvalue weighted by Gasteiger charge is 2.40. The maximum atomic E-state index is 13.0. The number of halogens is 4. The molecule has 4 rings (SSSR count). The van der Waals surface area contributed by atoms with Gasteiger partial charge in [0.15, 0.2) is 0 Å². The van der Waals surface area contributed by atoms with Crippen molar-refractivity contribution in [2.75, 3.05) is 5.75 Å². The third kappa shape index (κ3) is 2.82. The third-order valence-electron chi connectivity index (χ3n) is 3.52. The summed E-state index contributed by atoms with van der Waals surface area (Å²) in [6, 6.07) is 13.4. The lowest BCUT2D eigenvalue weighted by atomic mass is 10.0. The van der Waals surface area contributed by atoms with E-state index < -0.39 is 12.0 Å². The van der Waals surface area contributed by atoms with Gasteiger partial charge < -0.3 is 0 Å². The van der Waals surface area contributed by atoms with E-state index in [1.165, 1.54) is 11.8 Å². The molecule has 2 aromatic carbocycles. The average Bonchev–Trinajstić information content (AvgIpc) is 2.97. The van der Waals surface area contributed by atoms with Gasteiger partial charge in [0, 0.05) is 11.3 Å².